The third-order valence-electron chi connectivity index (χ3n) is 3.15. The largest absolute Gasteiger partial charge is 0.493 e. The van der Waals surface area contributed by atoms with Crippen LogP contribution in [-0.4, -0.2) is 37.4 Å². The standard InChI is InChI=1S/C18H26BrNO5/c1-12(20-17(22)25-18(2,3)4)7-6-10-24-15-9-8-13(19)11-14(15)16(21)23-5/h8-9,11-12H,6-7,10H2,1-5H3,(H,20,22). The SMILES string of the molecule is COC(=O)c1cc(Br)ccc1OCCCC(C)NC(=O)OC(C)(C)C. The van der Waals surface area contributed by atoms with Gasteiger partial charge >= 0.3 is 12.1 Å². The van der Waals surface area contributed by atoms with Gasteiger partial charge in [0, 0.05) is 10.5 Å². The molecule has 1 unspecified atom stereocenters. The zero-order valence-corrected chi connectivity index (χ0v) is 16.9. The smallest absolute Gasteiger partial charge is 0.407 e. The van der Waals surface area contributed by atoms with Crippen LogP contribution in [0.25, 0.3) is 0 Å². The summed E-state index contributed by atoms with van der Waals surface area (Å²) in [5.41, 5.74) is -0.143. The summed E-state index contributed by atoms with van der Waals surface area (Å²) in [5, 5.41) is 2.78. The third-order valence-corrected chi connectivity index (χ3v) is 3.64. The number of hydrogen-bond acceptors (Lipinski definition) is 5. The van der Waals surface area contributed by atoms with E-state index in [-0.39, 0.29) is 6.04 Å². The van der Waals surface area contributed by atoms with Crippen LogP contribution in [0.1, 0.15) is 50.9 Å². The van der Waals surface area contributed by atoms with Crippen molar-refractivity contribution in [3.05, 3.63) is 28.2 Å². The number of benzene rings is 1. The summed E-state index contributed by atoms with van der Waals surface area (Å²) in [6, 6.07) is 5.14. The van der Waals surface area contributed by atoms with Crippen molar-refractivity contribution in [3.63, 3.8) is 0 Å². The van der Waals surface area contributed by atoms with E-state index >= 15 is 0 Å². The average molecular weight is 416 g/mol. The van der Waals surface area contributed by atoms with Crippen molar-refractivity contribution >= 4 is 28.0 Å². The molecule has 0 radical (unpaired) electrons. The van der Waals surface area contributed by atoms with Gasteiger partial charge in [-0.3, -0.25) is 0 Å². The first-order valence-electron chi connectivity index (χ1n) is 8.12. The Morgan fingerprint density at radius 2 is 1.96 bits per heavy atom. The maximum absolute atomic E-state index is 11.8. The number of rotatable bonds is 7. The maximum Gasteiger partial charge on any atom is 0.407 e. The molecular formula is C18H26BrNO5. The second-order valence-corrected chi connectivity index (χ2v) is 7.59. The van der Waals surface area contributed by atoms with Crippen molar-refractivity contribution in [1.29, 1.82) is 0 Å². The van der Waals surface area contributed by atoms with Gasteiger partial charge in [0.15, 0.2) is 0 Å². The quantitative estimate of drug-likeness (QED) is 0.530. The topological polar surface area (TPSA) is 73.9 Å². The van der Waals surface area contributed by atoms with Gasteiger partial charge in [0.1, 0.15) is 16.9 Å². The average Bonchev–Trinajstić information content (AvgIpc) is 2.49. The van der Waals surface area contributed by atoms with E-state index in [2.05, 4.69) is 21.2 Å². The molecule has 1 amide bonds. The Morgan fingerprint density at radius 3 is 2.56 bits per heavy atom. The Labute approximate surface area is 157 Å². The molecular weight excluding hydrogens is 390 g/mol. The van der Waals surface area contributed by atoms with Crippen molar-refractivity contribution in [1.82, 2.24) is 5.32 Å². The summed E-state index contributed by atoms with van der Waals surface area (Å²) in [5.74, 6) is 0.0269. The highest BCUT2D eigenvalue weighted by atomic mass is 79.9. The normalized spacial score (nSPS) is 12.2. The number of alkyl carbamates (subject to hydrolysis) is 1. The van der Waals surface area contributed by atoms with Gasteiger partial charge in [-0.25, -0.2) is 9.59 Å². The molecule has 0 aliphatic rings. The number of nitrogens with one attached hydrogen (secondary N) is 1. The molecule has 0 saturated carbocycles. The van der Waals surface area contributed by atoms with E-state index < -0.39 is 17.7 Å². The van der Waals surface area contributed by atoms with Crippen LogP contribution in [0.3, 0.4) is 0 Å². The Balaban J connectivity index is 2.43. The van der Waals surface area contributed by atoms with Crippen LogP contribution < -0.4 is 10.1 Å². The summed E-state index contributed by atoms with van der Waals surface area (Å²) in [6.07, 6.45) is 1.01. The molecule has 0 saturated heterocycles. The molecule has 1 aromatic rings. The minimum absolute atomic E-state index is 0.0385. The number of methoxy groups -OCH3 is 1. The lowest BCUT2D eigenvalue weighted by molar-refractivity contribution is 0.0503. The predicted octanol–water partition coefficient (Wildman–Crippen LogP) is 4.31. The zero-order valence-electron chi connectivity index (χ0n) is 15.3. The van der Waals surface area contributed by atoms with E-state index in [1.165, 1.54) is 7.11 Å². The summed E-state index contributed by atoms with van der Waals surface area (Å²) < 4.78 is 16.4. The van der Waals surface area contributed by atoms with Crippen LogP contribution in [0.5, 0.6) is 5.75 Å². The highest BCUT2D eigenvalue weighted by Crippen LogP contribution is 2.24. The molecule has 140 valence electrons. The second kappa shape index (κ2) is 9.65. The van der Waals surface area contributed by atoms with Crippen molar-refractivity contribution in [2.75, 3.05) is 13.7 Å². The highest BCUT2D eigenvalue weighted by Gasteiger charge is 2.18. The van der Waals surface area contributed by atoms with Crippen LogP contribution in [0.2, 0.25) is 0 Å². The van der Waals surface area contributed by atoms with Gasteiger partial charge in [-0.05, 0) is 58.7 Å². The van der Waals surface area contributed by atoms with Gasteiger partial charge in [-0.1, -0.05) is 15.9 Å². The minimum atomic E-state index is -0.515. The predicted molar refractivity (Wildman–Crippen MR) is 99.0 cm³/mol. The molecule has 1 atom stereocenters. The number of halogens is 1. The Morgan fingerprint density at radius 1 is 1.28 bits per heavy atom. The van der Waals surface area contributed by atoms with Crippen molar-refractivity contribution in [2.24, 2.45) is 0 Å². The number of ether oxygens (including phenoxy) is 3. The maximum atomic E-state index is 11.8. The lowest BCUT2D eigenvalue weighted by atomic mass is 10.2. The summed E-state index contributed by atoms with van der Waals surface area (Å²) in [6.45, 7) is 7.79. The van der Waals surface area contributed by atoms with Crippen LogP contribution in [0.15, 0.2) is 22.7 Å². The summed E-state index contributed by atoms with van der Waals surface area (Å²) in [7, 11) is 1.33. The molecule has 6 nitrogen and oxygen atoms in total. The molecule has 7 heteroatoms. The second-order valence-electron chi connectivity index (χ2n) is 6.67. The van der Waals surface area contributed by atoms with E-state index in [4.69, 9.17) is 14.2 Å². The number of esters is 1. The lowest BCUT2D eigenvalue weighted by Gasteiger charge is -2.22. The van der Waals surface area contributed by atoms with Crippen LogP contribution >= 0.6 is 15.9 Å². The summed E-state index contributed by atoms with van der Waals surface area (Å²) in [4.78, 5) is 23.5. The fraction of sp³-hybridized carbons (Fsp3) is 0.556. The lowest BCUT2D eigenvalue weighted by Crippen LogP contribution is -2.37. The van der Waals surface area contributed by atoms with Gasteiger partial charge in [0.25, 0.3) is 0 Å². The number of carbonyl (C=O) groups excluding carboxylic acids is 2. The number of hydrogen-bond donors (Lipinski definition) is 1. The summed E-state index contributed by atoms with van der Waals surface area (Å²) >= 11 is 3.32. The minimum Gasteiger partial charge on any atom is -0.493 e. The molecule has 1 aromatic carbocycles. The molecule has 0 bridgehead atoms. The van der Waals surface area contributed by atoms with Gasteiger partial charge < -0.3 is 19.5 Å². The van der Waals surface area contributed by atoms with Crippen molar-refractivity contribution in [3.8, 4) is 5.75 Å². The molecule has 0 aliphatic carbocycles. The number of amides is 1. The van der Waals surface area contributed by atoms with Crippen molar-refractivity contribution in [2.45, 2.75) is 52.2 Å². The number of carbonyl (C=O) groups is 2. The molecule has 0 aliphatic heterocycles. The molecule has 0 heterocycles. The van der Waals surface area contributed by atoms with Crippen LogP contribution in [0.4, 0.5) is 4.79 Å². The molecule has 0 aromatic heterocycles. The van der Waals surface area contributed by atoms with Crippen molar-refractivity contribution < 1.29 is 23.8 Å². The fourth-order valence-electron chi connectivity index (χ4n) is 2.05. The fourth-order valence-corrected chi connectivity index (χ4v) is 2.41. The van der Waals surface area contributed by atoms with E-state index in [1.807, 2.05) is 27.7 Å². The van der Waals surface area contributed by atoms with E-state index in [9.17, 15) is 9.59 Å². The first kappa shape index (κ1) is 21.3. The molecule has 1 N–H and O–H groups in total. The first-order valence-corrected chi connectivity index (χ1v) is 8.92. The van der Waals surface area contributed by atoms with Crippen LogP contribution in [-0.2, 0) is 9.47 Å². The van der Waals surface area contributed by atoms with E-state index in [1.54, 1.807) is 18.2 Å². The molecule has 1 rings (SSSR count). The molecule has 25 heavy (non-hydrogen) atoms. The first-order chi connectivity index (χ1) is 11.6. The van der Waals surface area contributed by atoms with E-state index in [0.29, 0.717) is 24.3 Å². The third kappa shape index (κ3) is 8.25. The Kier molecular flexibility index (Phi) is 8.22. The van der Waals surface area contributed by atoms with Crippen LogP contribution in [0, 0.1) is 0 Å². The van der Waals surface area contributed by atoms with Gasteiger partial charge in [-0.2, -0.15) is 0 Å². The highest BCUT2D eigenvalue weighted by molar-refractivity contribution is 9.10. The molecule has 0 fully saturated rings. The zero-order chi connectivity index (χ0) is 19.0. The Bertz CT molecular complexity index is 598. The van der Waals surface area contributed by atoms with Gasteiger partial charge in [0.2, 0.25) is 0 Å². The van der Waals surface area contributed by atoms with Gasteiger partial charge in [-0.15, -0.1) is 0 Å². The monoisotopic (exact) mass is 415 g/mol. The molecule has 0 spiro atoms. The van der Waals surface area contributed by atoms with E-state index in [0.717, 1.165) is 10.9 Å². The van der Waals surface area contributed by atoms with Gasteiger partial charge in [0.05, 0.1) is 13.7 Å². The Hall–Kier alpha value is -1.76.